The molecule has 2 amide bonds. The second-order valence-electron chi connectivity index (χ2n) is 4.98. The third-order valence-electron chi connectivity index (χ3n) is 3.56. The molecule has 1 aromatic carbocycles. The number of halogens is 4. The van der Waals surface area contributed by atoms with E-state index < -0.39 is 23.8 Å². The maximum absolute atomic E-state index is 12.5. The van der Waals surface area contributed by atoms with E-state index in [1.807, 2.05) is 6.92 Å². The molecule has 0 aliphatic carbocycles. The van der Waals surface area contributed by atoms with Gasteiger partial charge in [-0.1, -0.05) is 66.2 Å². The minimum absolute atomic E-state index is 0.133. The van der Waals surface area contributed by atoms with Gasteiger partial charge in [0.25, 0.3) is 11.8 Å². The number of amides is 2. The number of hydrogen-bond acceptors (Lipinski definition) is 3. The van der Waals surface area contributed by atoms with E-state index in [0.717, 1.165) is 0 Å². The normalized spacial score (nSPS) is 15.1. The maximum atomic E-state index is 12.5. The summed E-state index contributed by atoms with van der Waals surface area (Å²) in [5, 5.41) is 8.63. The topological polar surface area (TPSA) is 74.7 Å². The minimum Gasteiger partial charge on any atom is -0.480 e. The standard InChI is InChI=1S/C14H11Cl4NO4/c1-2-3-4-5(14(22)23)19-12(20)6-7(13(19)21)9(16)11(18)10(17)8(6)15/h5H,2-4H2,1H3,(H,22,23)/t5-/m1/s1. The molecule has 1 aliphatic heterocycles. The zero-order chi connectivity index (χ0) is 17.5. The fourth-order valence-corrected chi connectivity index (χ4v) is 3.42. The molecule has 1 aromatic rings. The number of imide groups is 1. The van der Waals surface area contributed by atoms with Crippen LogP contribution in [0.15, 0.2) is 0 Å². The van der Waals surface area contributed by atoms with E-state index in [0.29, 0.717) is 17.7 Å². The Bertz CT molecular complexity index is 672. The minimum atomic E-state index is -1.30. The Labute approximate surface area is 152 Å². The molecule has 0 saturated heterocycles. The van der Waals surface area contributed by atoms with Gasteiger partial charge in [-0.25, -0.2) is 4.79 Å². The van der Waals surface area contributed by atoms with E-state index in [1.165, 1.54) is 0 Å². The molecule has 0 radical (unpaired) electrons. The van der Waals surface area contributed by atoms with E-state index in [4.69, 9.17) is 46.4 Å². The van der Waals surface area contributed by atoms with Gasteiger partial charge in [-0.05, 0) is 6.42 Å². The third kappa shape index (κ3) is 2.91. The van der Waals surface area contributed by atoms with Gasteiger partial charge in [0, 0.05) is 0 Å². The number of nitrogens with zero attached hydrogens (tertiary/aromatic N) is 1. The number of carbonyl (C=O) groups is 3. The number of unbranched alkanes of at least 4 members (excludes halogenated alkanes) is 1. The van der Waals surface area contributed by atoms with Crippen LogP contribution in [-0.4, -0.2) is 33.8 Å². The first kappa shape index (κ1) is 18.3. The van der Waals surface area contributed by atoms with Crippen LogP contribution in [0, 0.1) is 0 Å². The van der Waals surface area contributed by atoms with Crippen LogP contribution in [0.25, 0.3) is 0 Å². The Morgan fingerprint density at radius 3 is 1.78 bits per heavy atom. The van der Waals surface area contributed by atoms with Crippen molar-refractivity contribution in [2.24, 2.45) is 0 Å². The van der Waals surface area contributed by atoms with Crippen LogP contribution in [0.4, 0.5) is 0 Å². The molecule has 0 saturated carbocycles. The number of aliphatic carboxylic acids is 1. The van der Waals surface area contributed by atoms with Crippen LogP contribution < -0.4 is 0 Å². The van der Waals surface area contributed by atoms with Crippen LogP contribution in [0.5, 0.6) is 0 Å². The molecule has 0 bridgehead atoms. The van der Waals surface area contributed by atoms with Crippen molar-refractivity contribution in [1.29, 1.82) is 0 Å². The Kier molecular flexibility index (Phi) is 5.46. The van der Waals surface area contributed by atoms with Crippen LogP contribution in [0.1, 0.15) is 46.9 Å². The molecule has 9 heteroatoms. The van der Waals surface area contributed by atoms with Gasteiger partial charge in [-0.15, -0.1) is 0 Å². The monoisotopic (exact) mass is 397 g/mol. The first-order valence-electron chi connectivity index (χ1n) is 6.70. The van der Waals surface area contributed by atoms with E-state index in [2.05, 4.69) is 0 Å². The fourth-order valence-electron chi connectivity index (χ4n) is 2.41. The van der Waals surface area contributed by atoms with E-state index in [1.54, 1.807) is 0 Å². The number of fused-ring (bicyclic) bond motifs is 1. The molecule has 0 fully saturated rings. The molecule has 5 nitrogen and oxygen atoms in total. The molecule has 0 spiro atoms. The summed E-state index contributed by atoms with van der Waals surface area (Å²) in [7, 11) is 0. The summed E-state index contributed by atoms with van der Waals surface area (Å²) in [6.07, 6.45) is 1.38. The summed E-state index contributed by atoms with van der Waals surface area (Å²) >= 11 is 23.8. The summed E-state index contributed by atoms with van der Waals surface area (Å²) < 4.78 is 0. The smallest absolute Gasteiger partial charge is 0.326 e. The number of carboxylic acids is 1. The lowest BCUT2D eigenvalue weighted by Gasteiger charge is -2.22. The molecule has 1 N–H and O–H groups in total. The Morgan fingerprint density at radius 1 is 1.00 bits per heavy atom. The van der Waals surface area contributed by atoms with Crippen LogP contribution in [0.3, 0.4) is 0 Å². The molecule has 1 aliphatic rings. The highest BCUT2D eigenvalue weighted by molar-refractivity contribution is 6.55. The van der Waals surface area contributed by atoms with Crippen molar-refractivity contribution in [1.82, 2.24) is 4.90 Å². The second kappa shape index (κ2) is 6.85. The predicted octanol–water partition coefficient (Wildman–Crippen LogP) is 4.54. The number of hydrogen-bond donors (Lipinski definition) is 1. The zero-order valence-electron chi connectivity index (χ0n) is 11.8. The van der Waals surface area contributed by atoms with Gasteiger partial charge in [0.15, 0.2) is 0 Å². The van der Waals surface area contributed by atoms with Crippen molar-refractivity contribution in [3.8, 4) is 0 Å². The van der Waals surface area contributed by atoms with Gasteiger partial charge in [-0.3, -0.25) is 14.5 Å². The lowest BCUT2D eigenvalue weighted by atomic mass is 10.1. The molecule has 0 unspecified atom stereocenters. The highest BCUT2D eigenvalue weighted by Crippen LogP contribution is 2.45. The van der Waals surface area contributed by atoms with E-state index in [9.17, 15) is 19.5 Å². The zero-order valence-corrected chi connectivity index (χ0v) is 14.9. The van der Waals surface area contributed by atoms with Crippen molar-refractivity contribution in [3.63, 3.8) is 0 Å². The van der Waals surface area contributed by atoms with Gasteiger partial charge in [0.1, 0.15) is 6.04 Å². The summed E-state index contributed by atoms with van der Waals surface area (Å²) in [6, 6.07) is -1.30. The Morgan fingerprint density at radius 2 is 1.43 bits per heavy atom. The first-order valence-corrected chi connectivity index (χ1v) is 8.21. The Balaban J connectivity index is 2.59. The van der Waals surface area contributed by atoms with E-state index >= 15 is 0 Å². The average Bonchev–Trinajstić information content (AvgIpc) is 2.75. The lowest BCUT2D eigenvalue weighted by molar-refractivity contribution is -0.141. The summed E-state index contributed by atoms with van der Waals surface area (Å²) in [4.78, 5) is 37.2. The van der Waals surface area contributed by atoms with Gasteiger partial charge >= 0.3 is 5.97 Å². The molecule has 1 atom stereocenters. The van der Waals surface area contributed by atoms with Gasteiger partial charge in [0.2, 0.25) is 0 Å². The summed E-state index contributed by atoms with van der Waals surface area (Å²) in [5.74, 6) is -2.95. The SMILES string of the molecule is CCCC[C@H](C(=O)O)N1C(=O)c2c(Cl)c(Cl)c(Cl)c(Cl)c2C1=O. The summed E-state index contributed by atoms with van der Waals surface area (Å²) in [6.45, 7) is 1.87. The first-order chi connectivity index (χ1) is 10.7. The molecule has 124 valence electrons. The molecule has 2 rings (SSSR count). The molecular formula is C14H11Cl4NO4. The van der Waals surface area contributed by atoms with Crippen LogP contribution in [0.2, 0.25) is 20.1 Å². The third-order valence-corrected chi connectivity index (χ3v) is 5.36. The molecular weight excluding hydrogens is 388 g/mol. The van der Waals surface area contributed by atoms with Crippen molar-refractivity contribution >= 4 is 64.2 Å². The van der Waals surface area contributed by atoms with E-state index in [-0.39, 0.29) is 37.6 Å². The number of benzene rings is 1. The maximum Gasteiger partial charge on any atom is 0.326 e. The number of carboxylic acid groups (broad SMARTS) is 1. The fraction of sp³-hybridized carbons (Fsp3) is 0.357. The largest absolute Gasteiger partial charge is 0.480 e. The summed E-state index contributed by atoms with van der Waals surface area (Å²) in [5.41, 5.74) is -0.419. The predicted molar refractivity (Wildman–Crippen MR) is 87.9 cm³/mol. The van der Waals surface area contributed by atoms with Crippen LogP contribution in [-0.2, 0) is 4.79 Å². The average molecular weight is 399 g/mol. The molecule has 0 aromatic heterocycles. The quantitative estimate of drug-likeness (QED) is 0.448. The van der Waals surface area contributed by atoms with Crippen molar-refractivity contribution < 1.29 is 19.5 Å². The number of carbonyl (C=O) groups excluding carboxylic acids is 2. The van der Waals surface area contributed by atoms with Crippen molar-refractivity contribution in [2.45, 2.75) is 32.2 Å². The lowest BCUT2D eigenvalue weighted by Crippen LogP contribution is -2.44. The van der Waals surface area contributed by atoms with Crippen molar-refractivity contribution in [2.75, 3.05) is 0 Å². The highest BCUT2D eigenvalue weighted by atomic mass is 35.5. The van der Waals surface area contributed by atoms with Crippen LogP contribution >= 0.6 is 46.4 Å². The second-order valence-corrected chi connectivity index (χ2v) is 6.49. The van der Waals surface area contributed by atoms with Crippen molar-refractivity contribution in [3.05, 3.63) is 31.2 Å². The highest BCUT2D eigenvalue weighted by Gasteiger charge is 2.46. The van der Waals surface area contributed by atoms with Gasteiger partial charge < -0.3 is 5.11 Å². The molecule has 23 heavy (non-hydrogen) atoms. The van der Waals surface area contributed by atoms with Gasteiger partial charge in [0.05, 0.1) is 31.2 Å². The molecule has 1 heterocycles. The van der Waals surface area contributed by atoms with Gasteiger partial charge in [-0.2, -0.15) is 0 Å². The number of rotatable bonds is 5. The Hall–Kier alpha value is -1.01.